The van der Waals surface area contributed by atoms with Crippen LogP contribution in [0.5, 0.6) is 0 Å². The number of hydrogen-bond acceptors (Lipinski definition) is 6. The van der Waals surface area contributed by atoms with Gasteiger partial charge >= 0.3 is 0 Å². The smallest absolute Gasteiger partial charge is 0.261 e. The van der Waals surface area contributed by atoms with Crippen molar-refractivity contribution in [2.45, 2.75) is 72.0 Å². The molecule has 9 nitrogen and oxygen atoms in total. The normalized spacial score (nSPS) is 22.0. The fraction of sp³-hybridized carbons (Fsp3) is 0.457. The number of hydrogen-bond donors (Lipinski definition) is 2. The van der Waals surface area contributed by atoms with Crippen LogP contribution in [-0.2, 0) is 13.0 Å². The molecule has 0 radical (unpaired) electrons. The molecule has 2 aromatic heterocycles. The second-order valence-corrected chi connectivity index (χ2v) is 13.4. The fourth-order valence-corrected chi connectivity index (χ4v) is 6.74. The van der Waals surface area contributed by atoms with Crippen LogP contribution in [0.4, 0.5) is 10.1 Å². The van der Waals surface area contributed by atoms with Gasteiger partial charge < -0.3 is 15.5 Å². The molecule has 1 saturated heterocycles. The Bertz CT molecular complexity index is 1720. The highest BCUT2D eigenvalue weighted by atomic mass is 19.1. The van der Waals surface area contributed by atoms with Gasteiger partial charge in [0.25, 0.3) is 5.56 Å². The molecule has 0 bridgehead atoms. The van der Waals surface area contributed by atoms with Crippen LogP contribution in [0.15, 0.2) is 70.8 Å². The van der Waals surface area contributed by atoms with E-state index in [1.807, 2.05) is 18.2 Å². The lowest BCUT2D eigenvalue weighted by Gasteiger charge is -2.39. The van der Waals surface area contributed by atoms with Crippen molar-refractivity contribution >= 4 is 22.5 Å². The topological polar surface area (TPSA) is 100 Å². The van der Waals surface area contributed by atoms with E-state index in [4.69, 9.17) is 9.98 Å². The summed E-state index contributed by atoms with van der Waals surface area (Å²) < 4.78 is 15.1. The van der Waals surface area contributed by atoms with Crippen molar-refractivity contribution < 1.29 is 4.39 Å². The number of guanidine groups is 1. The number of nitrogens with one attached hydrogen (secondary N) is 2. The first-order chi connectivity index (χ1) is 21.6. The van der Waals surface area contributed by atoms with E-state index >= 15 is 0 Å². The van der Waals surface area contributed by atoms with Crippen LogP contribution in [-0.4, -0.2) is 62.1 Å². The zero-order valence-electron chi connectivity index (χ0n) is 26.6. The summed E-state index contributed by atoms with van der Waals surface area (Å²) in [6.45, 7) is 12.2. The quantitative estimate of drug-likeness (QED) is 0.219. The minimum atomic E-state index is -0.287. The Morgan fingerprint density at radius 2 is 1.98 bits per heavy atom. The maximum atomic E-state index is 13.9. The van der Waals surface area contributed by atoms with Crippen LogP contribution in [0.1, 0.15) is 52.5 Å². The van der Waals surface area contributed by atoms with Gasteiger partial charge in [-0.15, -0.1) is 0 Å². The Balaban J connectivity index is 1.35. The first-order valence-corrected chi connectivity index (χ1v) is 16.0. The average Bonchev–Trinajstić information content (AvgIpc) is 3.02. The SMILES string of the molecule is C[C@H]1CN(C(=NC2CCC(C)(C)C[C@@H]2C)Nc2ccc3c(=O)n(CCc4ccc(F)cc4)c(-c4cnccn4)nc3c2)CCN1. The maximum absolute atomic E-state index is 13.9. The lowest BCUT2D eigenvalue weighted by Crippen LogP contribution is -2.53. The molecule has 0 amide bonds. The molecule has 1 aliphatic carbocycles. The Morgan fingerprint density at radius 3 is 2.71 bits per heavy atom. The first-order valence-electron chi connectivity index (χ1n) is 16.0. The summed E-state index contributed by atoms with van der Waals surface area (Å²) in [6, 6.07) is 12.7. The summed E-state index contributed by atoms with van der Waals surface area (Å²) in [7, 11) is 0. The predicted molar refractivity (Wildman–Crippen MR) is 178 cm³/mol. The summed E-state index contributed by atoms with van der Waals surface area (Å²) in [4.78, 5) is 35.3. The molecule has 2 fully saturated rings. The van der Waals surface area contributed by atoms with Crippen LogP contribution in [0.3, 0.4) is 0 Å². The average molecular weight is 611 g/mol. The Kier molecular flexibility index (Phi) is 8.94. The molecule has 1 unspecified atom stereocenters. The molecular weight excluding hydrogens is 567 g/mol. The van der Waals surface area contributed by atoms with Gasteiger partial charge in [-0.25, -0.2) is 19.4 Å². The van der Waals surface area contributed by atoms with Gasteiger partial charge in [0.05, 0.1) is 23.1 Å². The molecule has 1 saturated carbocycles. The Morgan fingerprint density at radius 1 is 1.16 bits per heavy atom. The molecule has 10 heteroatoms. The summed E-state index contributed by atoms with van der Waals surface area (Å²) >= 11 is 0. The summed E-state index contributed by atoms with van der Waals surface area (Å²) in [6.07, 6.45) is 8.74. The molecule has 2 aliphatic rings. The number of halogens is 1. The third-order valence-electron chi connectivity index (χ3n) is 9.15. The van der Waals surface area contributed by atoms with E-state index in [1.54, 1.807) is 35.3 Å². The van der Waals surface area contributed by atoms with E-state index in [0.717, 1.165) is 56.1 Å². The van der Waals surface area contributed by atoms with Crippen LogP contribution in [0.2, 0.25) is 0 Å². The van der Waals surface area contributed by atoms with Crippen molar-refractivity contribution in [3.8, 4) is 11.5 Å². The van der Waals surface area contributed by atoms with E-state index in [9.17, 15) is 9.18 Å². The third-order valence-corrected chi connectivity index (χ3v) is 9.15. The number of nitrogens with zero attached hydrogens (tertiary/aromatic N) is 6. The Labute approximate surface area is 264 Å². The summed E-state index contributed by atoms with van der Waals surface area (Å²) in [5.41, 5.74) is 3.04. The van der Waals surface area contributed by atoms with Crippen molar-refractivity contribution in [1.29, 1.82) is 0 Å². The molecule has 6 rings (SSSR count). The van der Waals surface area contributed by atoms with Gasteiger partial charge in [0.15, 0.2) is 11.8 Å². The number of piperazine rings is 1. The highest BCUT2D eigenvalue weighted by Crippen LogP contribution is 2.40. The van der Waals surface area contributed by atoms with Crippen LogP contribution in [0.25, 0.3) is 22.4 Å². The van der Waals surface area contributed by atoms with Gasteiger partial charge in [-0.2, -0.15) is 0 Å². The van der Waals surface area contributed by atoms with E-state index in [-0.39, 0.29) is 17.4 Å². The lowest BCUT2D eigenvalue weighted by molar-refractivity contribution is 0.168. The zero-order valence-corrected chi connectivity index (χ0v) is 26.6. The largest absolute Gasteiger partial charge is 0.340 e. The van der Waals surface area contributed by atoms with Crippen LogP contribution < -0.4 is 16.2 Å². The minimum absolute atomic E-state index is 0.155. The van der Waals surface area contributed by atoms with Crippen LogP contribution in [0, 0.1) is 17.2 Å². The minimum Gasteiger partial charge on any atom is -0.340 e. The number of anilines is 1. The first kappa shape index (κ1) is 30.8. The second-order valence-electron chi connectivity index (χ2n) is 13.4. The fourth-order valence-electron chi connectivity index (χ4n) is 6.74. The van der Waals surface area contributed by atoms with Gasteiger partial charge in [-0.1, -0.05) is 32.9 Å². The monoisotopic (exact) mass is 610 g/mol. The molecule has 4 aromatic rings. The second kappa shape index (κ2) is 13.0. The molecule has 0 spiro atoms. The van der Waals surface area contributed by atoms with Crippen molar-refractivity contribution in [3.05, 3.63) is 82.8 Å². The van der Waals surface area contributed by atoms with Crippen molar-refractivity contribution in [3.63, 3.8) is 0 Å². The lowest BCUT2D eigenvalue weighted by atomic mass is 9.71. The van der Waals surface area contributed by atoms with Crippen molar-refractivity contribution in [1.82, 2.24) is 29.7 Å². The van der Waals surface area contributed by atoms with Crippen LogP contribution >= 0.6 is 0 Å². The van der Waals surface area contributed by atoms with Gasteiger partial charge in [0.2, 0.25) is 0 Å². The number of fused-ring (bicyclic) bond motifs is 1. The van der Waals surface area contributed by atoms with Crippen molar-refractivity contribution in [2.24, 2.45) is 16.3 Å². The Hall–Kier alpha value is -4.18. The standard InChI is InChI=1S/C35H43FN8O/c1-23-20-35(3,4)13-11-29(23)42-34(43-18-16-38-24(2)22-43)40-27-9-10-28-30(19-27)41-32(31-21-37-14-15-39-31)44(33(28)45)17-12-25-5-7-26(36)8-6-25/h5-10,14-15,19,21,23-24,29,38H,11-13,16-18,20,22H2,1-4H3,(H,40,42)/t23-,24-,29?/m0/s1. The van der Waals surface area contributed by atoms with E-state index in [1.165, 1.54) is 12.1 Å². The van der Waals surface area contributed by atoms with E-state index in [2.05, 4.69) is 53.2 Å². The summed E-state index contributed by atoms with van der Waals surface area (Å²) in [5.74, 6) is 1.53. The number of rotatable bonds is 6. The molecule has 2 N–H and O–H groups in total. The van der Waals surface area contributed by atoms with Gasteiger partial charge in [-0.05, 0) is 79.8 Å². The molecule has 3 atom stereocenters. The van der Waals surface area contributed by atoms with Crippen molar-refractivity contribution in [2.75, 3.05) is 25.0 Å². The van der Waals surface area contributed by atoms with Gasteiger partial charge in [0.1, 0.15) is 11.5 Å². The maximum Gasteiger partial charge on any atom is 0.261 e. The van der Waals surface area contributed by atoms with Gasteiger partial charge in [0, 0.05) is 50.3 Å². The van der Waals surface area contributed by atoms with E-state index in [0.29, 0.717) is 52.8 Å². The number of aliphatic imine (C=N–C) groups is 1. The molecule has 236 valence electrons. The van der Waals surface area contributed by atoms with Gasteiger partial charge in [-0.3, -0.25) is 14.3 Å². The molecular formula is C35H43FN8O. The highest BCUT2D eigenvalue weighted by Gasteiger charge is 2.33. The number of aryl methyl sites for hydroxylation is 1. The highest BCUT2D eigenvalue weighted by molar-refractivity contribution is 5.96. The van der Waals surface area contributed by atoms with E-state index < -0.39 is 0 Å². The third kappa shape index (κ3) is 7.22. The molecule has 3 heterocycles. The zero-order chi connectivity index (χ0) is 31.6. The molecule has 2 aromatic carbocycles. The molecule has 1 aliphatic heterocycles. The predicted octanol–water partition coefficient (Wildman–Crippen LogP) is 5.51. The number of benzene rings is 2. The summed E-state index contributed by atoms with van der Waals surface area (Å²) in [5, 5.41) is 7.69. The number of aromatic nitrogens is 4. The molecule has 45 heavy (non-hydrogen) atoms.